The van der Waals surface area contributed by atoms with Crippen molar-refractivity contribution in [1.29, 1.82) is 0 Å². The zero-order chi connectivity index (χ0) is 17.2. The van der Waals surface area contributed by atoms with Crippen LogP contribution in [-0.2, 0) is 18.0 Å². The summed E-state index contributed by atoms with van der Waals surface area (Å²) in [5.41, 5.74) is -0.770. The minimum Gasteiger partial charge on any atom is -0.343 e. The van der Waals surface area contributed by atoms with Gasteiger partial charge in [-0.25, -0.2) is 9.48 Å². The van der Waals surface area contributed by atoms with Crippen molar-refractivity contribution >= 4 is 5.91 Å². The molecule has 9 heteroatoms. The van der Waals surface area contributed by atoms with Crippen LogP contribution >= 0.6 is 0 Å². The van der Waals surface area contributed by atoms with Gasteiger partial charge in [-0.15, -0.1) is 5.10 Å². The highest BCUT2D eigenvalue weighted by molar-refractivity contribution is 5.76. The number of aromatic nitrogens is 3. The Morgan fingerprint density at radius 1 is 1.30 bits per heavy atom. The molecular weight excluding hydrogens is 313 g/mol. The van der Waals surface area contributed by atoms with Gasteiger partial charge in [0.15, 0.2) is 0 Å². The highest BCUT2D eigenvalue weighted by Crippen LogP contribution is 2.28. The fourth-order valence-electron chi connectivity index (χ4n) is 2.79. The van der Waals surface area contributed by atoms with Crippen LogP contribution in [0.4, 0.5) is 13.2 Å². The average molecular weight is 334 g/mol. The van der Waals surface area contributed by atoms with E-state index in [0.717, 1.165) is 24.6 Å². The average Bonchev–Trinajstić information content (AvgIpc) is 2.81. The van der Waals surface area contributed by atoms with Gasteiger partial charge < -0.3 is 4.90 Å². The molecule has 0 saturated carbocycles. The minimum atomic E-state index is -4.66. The number of rotatable bonds is 4. The molecule has 1 aliphatic rings. The summed E-state index contributed by atoms with van der Waals surface area (Å²) in [7, 11) is 1.07. The SMILES string of the molecule is CCCCC(=O)N1CCC(n2nc(C(F)(F)F)n(C)c2=O)CC1. The van der Waals surface area contributed by atoms with E-state index in [0.29, 0.717) is 36.9 Å². The van der Waals surface area contributed by atoms with Crippen molar-refractivity contribution < 1.29 is 18.0 Å². The van der Waals surface area contributed by atoms with Crippen molar-refractivity contribution in [2.75, 3.05) is 13.1 Å². The lowest BCUT2D eigenvalue weighted by Crippen LogP contribution is -2.41. The Morgan fingerprint density at radius 3 is 2.39 bits per heavy atom. The van der Waals surface area contributed by atoms with Gasteiger partial charge in [-0.05, 0) is 19.3 Å². The molecule has 1 fully saturated rings. The number of amides is 1. The topological polar surface area (TPSA) is 60.1 Å². The molecule has 2 rings (SSSR count). The van der Waals surface area contributed by atoms with Crippen molar-refractivity contribution in [3.8, 4) is 0 Å². The Balaban J connectivity index is 2.06. The molecule has 0 aromatic carbocycles. The smallest absolute Gasteiger partial charge is 0.343 e. The van der Waals surface area contributed by atoms with Crippen molar-refractivity contribution in [2.24, 2.45) is 7.05 Å². The maximum absolute atomic E-state index is 12.8. The predicted molar refractivity (Wildman–Crippen MR) is 76.8 cm³/mol. The normalized spacial score (nSPS) is 16.8. The van der Waals surface area contributed by atoms with E-state index in [-0.39, 0.29) is 5.91 Å². The number of halogens is 3. The molecule has 0 radical (unpaired) electrons. The van der Waals surface area contributed by atoms with Gasteiger partial charge in [0.25, 0.3) is 0 Å². The number of hydrogen-bond acceptors (Lipinski definition) is 3. The first-order valence-corrected chi connectivity index (χ1v) is 7.76. The zero-order valence-electron chi connectivity index (χ0n) is 13.3. The molecule has 1 amide bonds. The third-order valence-corrected chi connectivity index (χ3v) is 4.16. The number of carbonyl (C=O) groups is 1. The molecule has 1 aliphatic heterocycles. The quantitative estimate of drug-likeness (QED) is 0.846. The maximum atomic E-state index is 12.8. The molecule has 6 nitrogen and oxygen atoms in total. The minimum absolute atomic E-state index is 0.0645. The van der Waals surface area contributed by atoms with E-state index in [9.17, 15) is 22.8 Å². The molecule has 1 aromatic rings. The lowest BCUT2D eigenvalue weighted by Gasteiger charge is -2.31. The number of nitrogens with zero attached hydrogens (tertiary/aromatic N) is 4. The van der Waals surface area contributed by atoms with Crippen LogP contribution in [0, 0.1) is 0 Å². The molecule has 23 heavy (non-hydrogen) atoms. The van der Waals surface area contributed by atoms with Crippen LogP contribution in [-0.4, -0.2) is 38.2 Å². The Bertz CT molecular complexity index is 613. The Kier molecular flexibility index (Phi) is 5.16. The van der Waals surface area contributed by atoms with Crippen LogP contribution in [0.1, 0.15) is 50.9 Å². The molecule has 1 aromatic heterocycles. The third-order valence-electron chi connectivity index (χ3n) is 4.16. The maximum Gasteiger partial charge on any atom is 0.451 e. The van der Waals surface area contributed by atoms with Crippen LogP contribution in [0.15, 0.2) is 4.79 Å². The lowest BCUT2D eigenvalue weighted by molar-refractivity contribution is -0.147. The second-order valence-corrected chi connectivity index (χ2v) is 5.82. The first-order chi connectivity index (χ1) is 10.8. The van der Waals surface area contributed by atoms with Crippen LogP contribution in [0.3, 0.4) is 0 Å². The number of carbonyl (C=O) groups excluding carboxylic acids is 1. The van der Waals surface area contributed by atoms with Gasteiger partial charge >= 0.3 is 11.9 Å². The van der Waals surface area contributed by atoms with E-state index in [1.165, 1.54) is 0 Å². The standard InChI is InChI=1S/C14H21F3N4O2/c1-3-4-5-11(22)20-8-6-10(7-9-20)21-13(23)19(2)12(18-21)14(15,16)17/h10H,3-9H2,1-2H3. The van der Waals surface area contributed by atoms with Gasteiger partial charge in [0.05, 0.1) is 6.04 Å². The molecule has 0 aliphatic carbocycles. The van der Waals surface area contributed by atoms with Crippen molar-refractivity contribution in [3.05, 3.63) is 16.3 Å². The van der Waals surface area contributed by atoms with E-state index in [4.69, 9.17) is 0 Å². The number of hydrogen-bond donors (Lipinski definition) is 0. The fraction of sp³-hybridized carbons (Fsp3) is 0.786. The summed E-state index contributed by atoms with van der Waals surface area (Å²) in [4.78, 5) is 25.6. The summed E-state index contributed by atoms with van der Waals surface area (Å²) in [5, 5.41) is 3.46. The summed E-state index contributed by atoms with van der Waals surface area (Å²) in [6.07, 6.45) is -1.53. The molecular formula is C14H21F3N4O2. The van der Waals surface area contributed by atoms with E-state index in [2.05, 4.69) is 5.10 Å². The summed E-state index contributed by atoms with van der Waals surface area (Å²) in [6, 6.07) is -0.403. The monoisotopic (exact) mass is 334 g/mol. The second kappa shape index (κ2) is 6.76. The second-order valence-electron chi connectivity index (χ2n) is 5.82. The Labute approximate surface area is 131 Å². The molecule has 130 valence electrons. The first-order valence-electron chi connectivity index (χ1n) is 7.76. The Morgan fingerprint density at radius 2 is 1.91 bits per heavy atom. The summed E-state index contributed by atoms with van der Waals surface area (Å²) >= 11 is 0. The molecule has 0 bridgehead atoms. The number of likely N-dealkylation sites (tertiary alicyclic amines) is 1. The predicted octanol–water partition coefficient (Wildman–Crippen LogP) is 1.95. The van der Waals surface area contributed by atoms with Crippen molar-refractivity contribution in [2.45, 2.75) is 51.2 Å². The van der Waals surface area contributed by atoms with E-state index < -0.39 is 23.7 Å². The molecule has 0 N–H and O–H groups in total. The number of unbranched alkanes of at least 4 members (excludes halogenated alkanes) is 1. The fourth-order valence-corrected chi connectivity index (χ4v) is 2.79. The summed E-state index contributed by atoms with van der Waals surface area (Å²) in [5.74, 6) is -1.13. The number of alkyl halides is 3. The summed E-state index contributed by atoms with van der Waals surface area (Å²) < 4.78 is 39.9. The summed E-state index contributed by atoms with van der Waals surface area (Å²) in [6.45, 7) is 2.89. The first kappa shape index (κ1) is 17.6. The van der Waals surface area contributed by atoms with E-state index in [1.807, 2.05) is 6.92 Å². The van der Waals surface area contributed by atoms with Crippen molar-refractivity contribution in [1.82, 2.24) is 19.2 Å². The van der Waals surface area contributed by atoms with Crippen LogP contribution in [0.2, 0.25) is 0 Å². The highest BCUT2D eigenvalue weighted by atomic mass is 19.4. The number of piperidine rings is 1. The molecule has 0 spiro atoms. The van der Waals surface area contributed by atoms with Gasteiger partial charge in [0.2, 0.25) is 11.7 Å². The van der Waals surface area contributed by atoms with Crippen molar-refractivity contribution in [3.63, 3.8) is 0 Å². The van der Waals surface area contributed by atoms with Crippen LogP contribution < -0.4 is 5.69 Å². The molecule has 1 saturated heterocycles. The van der Waals surface area contributed by atoms with Gasteiger partial charge in [0.1, 0.15) is 0 Å². The van der Waals surface area contributed by atoms with E-state index >= 15 is 0 Å². The van der Waals surface area contributed by atoms with Crippen LogP contribution in [0.25, 0.3) is 0 Å². The van der Waals surface area contributed by atoms with Gasteiger partial charge in [-0.2, -0.15) is 13.2 Å². The third kappa shape index (κ3) is 3.76. The largest absolute Gasteiger partial charge is 0.451 e. The van der Waals surface area contributed by atoms with E-state index in [1.54, 1.807) is 4.90 Å². The lowest BCUT2D eigenvalue weighted by atomic mass is 10.0. The zero-order valence-corrected chi connectivity index (χ0v) is 13.3. The van der Waals surface area contributed by atoms with Gasteiger partial charge in [-0.3, -0.25) is 9.36 Å². The van der Waals surface area contributed by atoms with Gasteiger partial charge in [0, 0.05) is 26.6 Å². The highest BCUT2D eigenvalue weighted by Gasteiger charge is 2.39. The van der Waals surface area contributed by atoms with Crippen LogP contribution in [0.5, 0.6) is 0 Å². The molecule has 0 unspecified atom stereocenters. The Hall–Kier alpha value is -1.80. The van der Waals surface area contributed by atoms with Gasteiger partial charge in [-0.1, -0.05) is 13.3 Å². The molecule has 0 atom stereocenters. The molecule has 2 heterocycles.